The van der Waals surface area contributed by atoms with Crippen molar-refractivity contribution < 1.29 is 23.8 Å². The van der Waals surface area contributed by atoms with Gasteiger partial charge in [0.15, 0.2) is 0 Å². The summed E-state index contributed by atoms with van der Waals surface area (Å²) in [5, 5.41) is 29.2. The molecule has 5 rings (SSSR count). The van der Waals surface area contributed by atoms with Gasteiger partial charge in [-0.25, -0.2) is 8.91 Å². The number of amides is 1. The van der Waals surface area contributed by atoms with Crippen molar-refractivity contribution in [3.05, 3.63) is 72.1 Å². The largest absolute Gasteiger partial charge is 0.486 e. The van der Waals surface area contributed by atoms with Crippen LogP contribution in [0.3, 0.4) is 0 Å². The van der Waals surface area contributed by atoms with Crippen molar-refractivity contribution in [1.29, 1.82) is 5.26 Å². The highest BCUT2D eigenvalue weighted by Crippen LogP contribution is 2.29. The predicted molar refractivity (Wildman–Crippen MR) is 142 cm³/mol. The van der Waals surface area contributed by atoms with E-state index in [1.54, 1.807) is 16.6 Å². The number of anilines is 2. The second-order valence-electron chi connectivity index (χ2n) is 9.78. The molecule has 1 saturated heterocycles. The molecule has 200 valence electrons. The van der Waals surface area contributed by atoms with Gasteiger partial charge < -0.3 is 25.2 Å². The molecule has 0 saturated carbocycles. The van der Waals surface area contributed by atoms with Gasteiger partial charge in [-0.3, -0.25) is 9.78 Å². The molecule has 11 heteroatoms. The van der Waals surface area contributed by atoms with Gasteiger partial charge in [0.2, 0.25) is 0 Å². The van der Waals surface area contributed by atoms with Crippen molar-refractivity contribution in [2.24, 2.45) is 0 Å². The number of hydrogen-bond donors (Lipinski definition) is 3. The number of nitriles is 1. The molecule has 4 aromatic rings. The fourth-order valence-electron chi connectivity index (χ4n) is 3.91. The van der Waals surface area contributed by atoms with Crippen LogP contribution in [0.4, 0.5) is 15.8 Å². The Morgan fingerprint density at radius 2 is 2.03 bits per heavy atom. The first kappa shape index (κ1) is 26.1. The second kappa shape index (κ2) is 10.7. The summed E-state index contributed by atoms with van der Waals surface area (Å²) < 4.78 is 26.9. The van der Waals surface area contributed by atoms with E-state index >= 15 is 0 Å². The van der Waals surface area contributed by atoms with Gasteiger partial charge in [-0.15, -0.1) is 0 Å². The van der Waals surface area contributed by atoms with Crippen LogP contribution < -0.4 is 15.4 Å². The van der Waals surface area contributed by atoms with Crippen molar-refractivity contribution in [3.63, 3.8) is 0 Å². The molecule has 1 unspecified atom stereocenters. The summed E-state index contributed by atoms with van der Waals surface area (Å²) in [6, 6.07) is 16.4. The van der Waals surface area contributed by atoms with Gasteiger partial charge in [0, 0.05) is 11.9 Å². The highest BCUT2D eigenvalue weighted by atomic mass is 19.1. The monoisotopic (exact) mass is 530 g/mol. The lowest BCUT2D eigenvalue weighted by Crippen LogP contribution is -2.42. The lowest BCUT2D eigenvalue weighted by molar-refractivity contribution is -0.0796. The minimum absolute atomic E-state index is 0.0415. The van der Waals surface area contributed by atoms with E-state index < -0.39 is 17.7 Å². The number of nitrogens with zero attached hydrogens (tertiary/aromatic N) is 4. The van der Waals surface area contributed by atoms with Crippen LogP contribution in [-0.2, 0) is 4.74 Å². The Hall–Kier alpha value is -4.53. The van der Waals surface area contributed by atoms with Gasteiger partial charge in [0.25, 0.3) is 5.91 Å². The third-order valence-electron chi connectivity index (χ3n) is 6.29. The van der Waals surface area contributed by atoms with Crippen molar-refractivity contribution in [2.75, 3.05) is 25.1 Å². The lowest BCUT2D eigenvalue weighted by atomic mass is 10.0. The number of nitrogens with one attached hydrogen (secondary N) is 2. The molecule has 4 heterocycles. The highest BCUT2D eigenvalue weighted by molar-refractivity contribution is 6.00. The van der Waals surface area contributed by atoms with Gasteiger partial charge in [0.1, 0.15) is 24.1 Å². The van der Waals surface area contributed by atoms with Crippen molar-refractivity contribution in [1.82, 2.24) is 19.9 Å². The molecule has 1 fully saturated rings. The number of hydrogen-bond acceptors (Lipinski definition) is 8. The molecular weight excluding hydrogens is 503 g/mol. The Balaban J connectivity index is 1.45. The first-order valence-electron chi connectivity index (χ1n) is 12.4. The number of carbonyl (C=O) groups is 1. The number of fused-ring (bicyclic) bond motifs is 1. The van der Waals surface area contributed by atoms with Gasteiger partial charge in [0.05, 0.1) is 65.3 Å². The summed E-state index contributed by atoms with van der Waals surface area (Å²) >= 11 is 0. The van der Waals surface area contributed by atoms with E-state index in [0.717, 1.165) is 5.52 Å². The van der Waals surface area contributed by atoms with Crippen LogP contribution in [0.15, 0.2) is 60.9 Å². The highest BCUT2D eigenvalue weighted by Gasteiger charge is 2.27. The second-order valence-corrected chi connectivity index (χ2v) is 9.78. The van der Waals surface area contributed by atoms with Gasteiger partial charge >= 0.3 is 0 Å². The Kier molecular flexibility index (Phi) is 7.15. The summed E-state index contributed by atoms with van der Waals surface area (Å²) in [5.41, 5.74) is 2.04. The molecule has 10 nitrogen and oxygen atoms in total. The van der Waals surface area contributed by atoms with Crippen LogP contribution in [0, 0.1) is 11.3 Å². The van der Waals surface area contributed by atoms with E-state index in [1.165, 1.54) is 26.2 Å². The van der Waals surface area contributed by atoms with Crippen LogP contribution in [0.5, 0.6) is 5.75 Å². The molecule has 1 amide bonds. The zero-order chi connectivity index (χ0) is 27.6. The number of carbonyl (C=O) groups excluding carboxylic acids is 1. The Labute approximate surface area is 224 Å². The number of pyridine rings is 1. The Morgan fingerprint density at radius 1 is 1.26 bits per heavy atom. The number of aromatic nitrogens is 3. The third kappa shape index (κ3) is 5.82. The molecule has 0 spiro atoms. The topological polar surface area (TPSA) is 134 Å². The zero-order valence-corrected chi connectivity index (χ0v) is 21.4. The fraction of sp³-hybridized carbons (Fsp3) is 0.286. The molecular formula is C28H27FN6O4. The van der Waals surface area contributed by atoms with Crippen molar-refractivity contribution >= 4 is 22.8 Å². The maximum absolute atomic E-state index is 14.3. The standard InChI is InChI=1S/C28H27FN6O4/c1-28(2,37)26(29)14-32-27(36)22-13-31-24(25-8-5-19-9-17(11-30)12-33-35(19)25)10-23(22)34-18-3-6-20(7-4-18)39-21-15-38-16-21/h3-10,12-13,21,26,37H,14-16H2,1-2H3,(H,31,34)(H,32,36). The summed E-state index contributed by atoms with van der Waals surface area (Å²) in [4.78, 5) is 17.5. The number of benzene rings is 1. The molecule has 3 N–H and O–H groups in total. The zero-order valence-electron chi connectivity index (χ0n) is 21.4. The molecule has 1 aliphatic rings. The molecule has 3 aromatic heterocycles. The Bertz CT molecular complexity index is 1540. The summed E-state index contributed by atoms with van der Waals surface area (Å²) in [7, 11) is 0. The normalized spacial score (nSPS) is 14.3. The van der Waals surface area contributed by atoms with Crippen LogP contribution in [-0.4, -0.2) is 63.2 Å². The maximum atomic E-state index is 14.3. The van der Waals surface area contributed by atoms with E-state index in [4.69, 9.17) is 14.7 Å². The molecule has 0 bridgehead atoms. The number of ether oxygens (including phenoxy) is 2. The average Bonchev–Trinajstić information content (AvgIpc) is 3.32. The summed E-state index contributed by atoms with van der Waals surface area (Å²) in [5.74, 6) is 0.149. The Morgan fingerprint density at radius 3 is 2.69 bits per heavy atom. The molecule has 1 atom stereocenters. The molecule has 0 aliphatic carbocycles. The minimum atomic E-state index is -1.66. The maximum Gasteiger partial charge on any atom is 0.255 e. The number of alkyl halides is 1. The number of aliphatic hydroxyl groups is 1. The quantitative estimate of drug-likeness (QED) is 0.299. The van der Waals surface area contributed by atoms with Crippen LogP contribution in [0.25, 0.3) is 16.9 Å². The minimum Gasteiger partial charge on any atom is -0.486 e. The van der Waals surface area contributed by atoms with Crippen molar-refractivity contribution in [2.45, 2.75) is 31.7 Å². The first-order valence-corrected chi connectivity index (χ1v) is 12.4. The van der Waals surface area contributed by atoms with Crippen molar-refractivity contribution in [3.8, 4) is 23.2 Å². The van der Waals surface area contributed by atoms with E-state index in [2.05, 4.69) is 26.8 Å². The van der Waals surface area contributed by atoms with Gasteiger partial charge in [-0.1, -0.05) is 0 Å². The molecule has 1 aromatic carbocycles. The van der Waals surface area contributed by atoms with Crippen LogP contribution >= 0.6 is 0 Å². The molecule has 0 radical (unpaired) electrons. The lowest BCUT2D eigenvalue weighted by Gasteiger charge is -2.26. The first-order chi connectivity index (χ1) is 18.7. The summed E-state index contributed by atoms with van der Waals surface area (Å²) in [6.07, 6.45) is 1.25. The third-order valence-corrected chi connectivity index (χ3v) is 6.29. The van der Waals surface area contributed by atoms with Crippen LogP contribution in [0.1, 0.15) is 29.8 Å². The molecule has 1 aliphatic heterocycles. The fourth-order valence-corrected chi connectivity index (χ4v) is 3.91. The van der Waals surface area contributed by atoms with E-state index in [-0.39, 0.29) is 18.2 Å². The molecule has 39 heavy (non-hydrogen) atoms. The van der Waals surface area contributed by atoms with E-state index in [0.29, 0.717) is 47.3 Å². The SMILES string of the molecule is CC(C)(O)C(F)CNC(=O)c1cnc(-c2ccc3cc(C#N)cnn23)cc1Nc1ccc(OC2COC2)cc1. The van der Waals surface area contributed by atoms with Crippen LogP contribution in [0.2, 0.25) is 0 Å². The number of rotatable bonds is 9. The van der Waals surface area contributed by atoms with Gasteiger partial charge in [-0.2, -0.15) is 10.4 Å². The average molecular weight is 531 g/mol. The number of halogens is 1. The summed E-state index contributed by atoms with van der Waals surface area (Å²) in [6.45, 7) is 3.44. The van der Waals surface area contributed by atoms with E-state index in [9.17, 15) is 14.3 Å². The van der Waals surface area contributed by atoms with Gasteiger partial charge in [-0.05, 0) is 62.4 Å². The predicted octanol–water partition coefficient (Wildman–Crippen LogP) is 3.63. The smallest absolute Gasteiger partial charge is 0.255 e. The van der Waals surface area contributed by atoms with E-state index in [1.807, 2.05) is 36.4 Å².